The molecule has 0 atom stereocenters. The lowest BCUT2D eigenvalue weighted by molar-refractivity contribution is 0.572. The third-order valence-electron chi connectivity index (χ3n) is 2.55. The number of aromatic nitrogens is 1. The van der Waals surface area contributed by atoms with Crippen molar-refractivity contribution >= 4 is 11.3 Å². The molecule has 94 valence electrons. The summed E-state index contributed by atoms with van der Waals surface area (Å²) in [6.07, 6.45) is 14.7. The van der Waals surface area contributed by atoms with Gasteiger partial charge in [0.05, 0.1) is 5.51 Å². The van der Waals surface area contributed by atoms with Crippen molar-refractivity contribution in [3.8, 4) is 0 Å². The molecule has 16 heavy (non-hydrogen) atoms. The molecule has 0 aromatic carbocycles. The maximum Gasteiger partial charge on any atom is 0.0791 e. The molecule has 1 heterocycles. The maximum absolute atomic E-state index is 3.74. The average Bonchev–Trinajstić information content (AvgIpc) is 2.87. The molecule has 0 aliphatic rings. The number of nitrogens with zero attached hydrogens (tertiary/aromatic N) is 1. The fourth-order valence-corrected chi connectivity index (χ4v) is 1.91. The van der Waals surface area contributed by atoms with Crippen LogP contribution in [0, 0.1) is 0 Å². The molecule has 1 rings (SSSR count). The molecule has 0 bridgehead atoms. The molecule has 0 aliphatic carbocycles. The minimum absolute atomic E-state index is 1.37. The van der Waals surface area contributed by atoms with Gasteiger partial charge >= 0.3 is 0 Å². The van der Waals surface area contributed by atoms with Crippen LogP contribution in [0.15, 0.2) is 17.1 Å². The van der Waals surface area contributed by atoms with E-state index < -0.39 is 0 Å². The number of hydrogen-bond acceptors (Lipinski definition) is 2. The van der Waals surface area contributed by atoms with E-state index in [-0.39, 0.29) is 0 Å². The first-order chi connectivity index (χ1) is 7.91. The van der Waals surface area contributed by atoms with Crippen LogP contribution in [-0.4, -0.2) is 4.98 Å². The minimum atomic E-state index is 1.37. The van der Waals surface area contributed by atoms with Crippen LogP contribution in [-0.2, 0) is 0 Å². The molecule has 0 fully saturated rings. The highest BCUT2D eigenvalue weighted by Crippen LogP contribution is 2.08. The Hall–Kier alpha value is -0.370. The Kier molecular flexibility index (Phi) is 14.3. The lowest BCUT2D eigenvalue weighted by Gasteiger charge is -1.98. The molecule has 0 unspecified atom stereocenters. The second kappa shape index (κ2) is 14.6. The van der Waals surface area contributed by atoms with Gasteiger partial charge < -0.3 is 0 Å². The number of unbranched alkanes of at least 4 members (excludes halogenated alkanes) is 8. The van der Waals surface area contributed by atoms with Gasteiger partial charge in [0.1, 0.15) is 0 Å². The van der Waals surface area contributed by atoms with E-state index in [1.54, 1.807) is 23.0 Å². The Balaban J connectivity index is 0.000000368. The monoisotopic (exact) mass is 241 g/mol. The van der Waals surface area contributed by atoms with E-state index in [4.69, 9.17) is 0 Å². The lowest BCUT2D eigenvalue weighted by atomic mass is 10.1. The van der Waals surface area contributed by atoms with Crippen molar-refractivity contribution in [2.45, 2.75) is 71.6 Å². The van der Waals surface area contributed by atoms with Crippen LogP contribution in [0.1, 0.15) is 71.6 Å². The minimum Gasteiger partial charge on any atom is -0.253 e. The molecule has 1 aromatic rings. The summed E-state index contributed by atoms with van der Waals surface area (Å²) in [5.41, 5.74) is 1.79. The summed E-state index contributed by atoms with van der Waals surface area (Å²) in [7, 11) is 0. The van der Waals surface area contributed by atoms with Crippen LogP contribution in [0.4, 0.5) is 0 Å². The average molecular weight is 241 g/mol. The van der Waals surface area contributed by atoms with Crippen LogP contribution in [0.25, 0.3) is 0 Å². The molecule has 0 N–H and O–H groups in total. The van der Waals surface area contributed by atoms with Crippen molar-refractivity contribution in [3.63, 3.8) is 0 Å². The Bertz CT molecular complexity index is 159. The highest BCUT2D eigenvalue weighted by atomic mass is 32.1. The summed E-state index contributed by atoms with van der Waals surface area (Å²) in [5, 5.41) is 1.93. The zero-order chi connectivity index (χ0) is 11.9. The summed E-state index contributed by atoms with van der Waals surface area (Å²) in [6.45, 7) is 4.55. The SMILES string of the molecule is CCCCCCCCCCC.c1cscn1. The highest BCUT2D eigenvalue weighted by Gasteiger charge is 1.88. The van der Waals surface area contributed by atoms with Gasteiger partial charge in [-0.1, -0.05) is 71.6 Å². The van der Waals surface area contributed by atoms with Crippen molar-refractivity contribution in [3.05, 3.63) is 17.1 Å². The summed E-state index contributed by atoms with van der Waals surface area (Å²) in [5.74, 6) is 0. The van der Waals surface area contributed by atoms with Gasteiger partial charge in [-0.25, -0.2) is 0 Å². The maximum atomic E-state index is 3.74. The van der Waals surface area contributed by atoms with Crippen LogP contribution in [0.3, 0.4) is 0 Å². The van der Waals surface area contributed by atoms with Gasteiger partial charge in [-0.15, -0.1) is 11.3 Å². The van der Waals surface area contributed by atoms with Crippen molar-refractivity contribution in [2.75, 3.05) is 0 Å². The van der Waals surface area contributed by atoms with E-state index in [0.717, 1.165) is 0 Å². The number of hydrogen-bond donors (Lipinski definition) is 0. The third-order valence-corrected chi connectivity index (χ3v) is 3.08. The van der Waals surface area contributed by atoms with Gasteiger partial charge in [-0.3, -0.25) is 4.98 Å². The van der Waals surface area contributed by atoms with E-state index in [1.807, 2.05) is 5.38 Å². The van der Waals surface area contributed by atoms with Crippen LogP contribution in [0.2, 0.25) is 0 Å². The van der Waals surface area contributed by atoms with Crippen molar-refractivity contribution < 1.29 is 0 Å². The smallest absolute Gasteiger partial charge is 0.0791 e. The van der Waals surface area contributed by atoms with Gasteiger partial charge in [0.15, 0.2) is 0 Å². The fraction of sp³-hybridized carbons (Fsp3) is 0.786. The quantitative estimate of drug-likeness (QED) is 0.533. The van der Waals surface area contributed by atoms with Crippen LogP contribution < -0.4 is 0 Å². The zero-order valence-corrected chi connectivity index (χ0v) is 11.8. The summed E-state index contributed by atoms with van der Waals surface area (Å²) in [4.78, 5) is 3.74. The molecule has 0 saturated carbocycles. The van der Waals surface area contributed by atoms with Crippen LogP contribution in [0.5, 0.6) is 0 Å². The first-order valence-electron chi connectivity index (χ1n) is 6.74. The highest BCUT2D eigenvalue weighted by molar-refractivity contribution is 7.07. The van der Waals surface area contributed by atoms with Crippen molar-refractivity contribution in [1.82, 2.24) is 4.98 Å². The predicted molar refractivity (Wildman–Crippen MR) is 75.0 cm³/mol. The summed E-state index contributed by atoms with van der Waals surface area (Å²) < 4.78 is 0. The molecular formula is C14H27NS. The van der Waals surface area contributed by atoms with E-state index in [2.05, 4.69) is 18.8 Å². The molecule has 0 aliphatic heterocycles. The molecule has 1 aromatic heterocycles. The van der Waals surface area contributed by atoms with Crippen molar-refractivity contribution in [2.24, 2.45) is 0 Å². The standard InChI is InChI=1S/C11H24.C3H3NS/c1-3-5-7-9-11-10-8-6-4-2;1-2-5-3-4-1/h3-11H2,1-2H3;1-3H. The molecule has 0 radical (unpaired) electrons. The van der Waals surface area contributed by atoms with Crippen LogP contribution >= 0.6 is 11.3 Å². The third kappa shape index (κ3) is 13.6. The largest absolute Gasteiger partial charge is 0.253 e. The molecule has 0 spiro atoms. The van der Waals surface area contributed by atoms with Crippen molar-refractivity contribution in [1.29, 1.82) is 0 Å². The molecule has 0 amide bonds. The molecular weight excluding hydrogens is 214 g/mol. The second-order valence-corrected chi connectivity index (χ2v) is 4.91. The van der Waals surface area contributed by atoms with Gasteiger partial charge in [0, 0.05) is 11.6 Å². The predicted octanol–water partition coefficient (Wildman–Crippen LogP) is 5.68. The van der Waals surface area contributed by atoms with Gasteiger partial charge in [-0.2, -0.15) is 0 Å². The Morgan fingerprint density at radius 2 is 1.31 bits per heavy atom. The topological polar surface area (TPSA) is 12.9 Å². The lowest BCUT2D eigenvalue weighted by Crippen LogP contribution is -1.79. The Morgan fingerprint density at radius 1 is 0.812 bits per heavy atom. The van der Waals surface area contributed by atoms with Gasteiger partial charge in [0.25, 0.3) is 0 Å². The molecule has 0 saturated heterocycles. The van der Waals surface area contributed by atoms with Gasteiger partial charge in [-0.05, 0) is 0 Å². The van der Waals surface area contributed by atoms with E-state index in [1.165, 1.54) is 57.8 Å². The number of thiazole rings is 1. The Morgan fingerprint density at radius 3 is 1.56 bits per heavy atom. The molecule has 1 nitrogen and oxygen atoms in total. The summed E-state index contributed by atoms with van der Waals surface area (Å²) >= 11 is 1.60. The zero-order valence-electron chi connectivity index (χ0n) is 11.0. The summed E-state index contributed by atoms with van der Waals surface area (Å²) in [6, 6.07) is 0. The Labute approximate surface area is 105 Å². The second-order valence-electron chi connectivity index (χ2n) is 4.15. The van der Waals surface area contributed by atoms with E-state index in [0.29, 0.717) is 0 Å². The normalized spacial score (nSPS) is 9.62. The molecule has 2 heteroatoms. The van der Waals surface area contributed by atoms with E-state index >= 15 is 0 Å². The first kappa shape index (κ1) is 15.6. The number of rotatable bonds is 8. The first-order valence-corrected chi connectivity index (χ1v) is 7.68. The van der Waals surface area contributed by atoms with Gasteiger partial charge in [0.2, 0.25) is 0 Å². The fourth-order valence-electron chi connectivity index (χ4n) is 1.56. The van der Waals surface area contributed by atoms with E-state index in [9.17, 15) is 0 Å².